The summed E-state index contributed by atoms with van der Waals surface area (Å²) in [6.45, 7) is 4.09. The van der Waals surface area contributed by atoms with Crippen molar-refractivity contribution in [1.29, 1.82) is 10.5 Å². The first-order valence-electron chi connectivity index (χ1n) is 6.91. The van der Waals surface area contributed by atoms with Crippen LogP contribution in [-0.4, -0.2) is 12.8 Å². The molecule has 1 unspecified atom stereocenters. The Labute approximate surface area is 124 Å². The molecule has 1 aromatic rings. The Morgan fingerprint density at radius 1 is 1.10 bits per heavy atom. The number of rotatable bonds is 4. The molecule has 0 fully saturated rings. The van der Waals surface area contributed by atoms with E-state index in [4.69, 9.17) is 15.3 Å². The van der Waals surface area contributed by atoms with E-state index in [9.17, 15) is 0 Å². The Kier molecular flexibility index (Phi) is 4.37. The van der Waals surface area contributed by atoms with Gasteiger partial charge < -0.3 is 4.74 Å². The third-order valence-corrected chi connectivity index (χ3v) is 3.35. The van der Waals surface area contributed by atoms with E-state index in [1.807, 2.05) is 26.1 Å². The van der Waals surface area contributed by atoms with Crippen LogP contribution in [0.2, 0.25) is 0 Å². The van der Waals surface area contributed by atoms with Crippen LogP contribution in [0.4, 0.5) is 0 Å². The van der Waals surface area contributed by atoms with Crippen molar-refractivity contribution in [2.45, 2.75) is 26.7 Å². The molecule has 0 aliphatic carbocycles. The summed E-state index contributed by atoms with van der Waals surface area (Å²) in [7, 11) is 1.97. The zero-order valence-electron chi connectivity index (χ0n) is 12.4. The Bertz CT molecular complexity index is 672. The van der Waals surface area contributed by atoms with Crippen molar-refractivity contribution in [3.8, 4) is 17.9 Å². The van der Waals surface area contributed by atoms with Gasteiger partial charge in [0, 0.05) is 6.42 Å². The lowest BCUT2D eigenvalue weighted by Crippen LogP contribution is -3.01. The predicted molar refractivity (Wildman–Crippen MR) is 78.4 cm³/mol. The highest BCUT2D eigenvalue weighted by Crippen LogP contribution is 2.22. The second-order valence-electron chi connectivity index (χ2n) is 4.73. The molecule has 0 bridgehead atoms. The van der Waals surface area contributed by atoms with Crippen molar-refractivity contribution in [3.05, 3.63) is 40.8 Å². The van der Waals surface area contributed by atoms with Crippen LogP contribution in [0.3, 0.4) is 0 Å². The first kappa shape index (κ1) is 14.8. The molecule has 1 aliphatic rings. The molecule has 1 aromatic carbocycles. The lowest BCUT2D eigenvalue weighted by molar-refractivity contribution is -0.845. The number of nitriles is 2. The molecule has 106 valence electrons. The summed E-state index contributed by atoms with van der Waals surface area (Å²) >= 11 is 0. The maximum atomic E-state index is 9.03. The molecule has 0 spiro atoms. The van der Waals surface area contributed by atoms with Gasteiger partial charge in [-0.2, -0.15) is 15.5 Å². The maximum Gasteiger partial charge on any atom is 0.212 e. The summed E-state index contributed by atoms with van der Waals surface area (Å²) in [5, 5.41) is 23.6. The van der Waals surface area contributed by atoms with Crippen LogP contribution >= 0.6 is 0 Å². The minimum absolute atomic E-state index is 0.413. The lowest BCUT2D eigenvalue weighted by atomic mass is 10.1. The SMILES string of the molecule is CCC1=N[NH+](C)C(CC)=C1Oc1cc(C#N)cc(C#N)c1. The fourth-order valence-corrected chi connectivity index (χ4v) is 2.34. The predicted octanol–water partition coefficient (Wildman–Crippen LogP) is 1.72. The quantitative estimate of drug-likeness (QED) is 0.913. The zero-order chi connectivity index (χ0) is 15.4. The van der Waals surface area contributed by atoms with E-state index >= 15 is 0 Å². The summed E-state index contributed by atoms with van der Waals surface area (Å²) in [6.07, 6.45) is 1.61. The van der Waals surface area contributed by atoms with Gasteiger partial charge in [0.2, 0.25) is 5.76 Å². The van der Waals surface area contributed by atoms with E-state index in [0.717, 1.165) is 35.0 Å². The number of hydrogen-bond donors (Lipinski definition) is 1. The van der Waals surface area contributed by atoms with E-state index < -0.39 is 0 Å². The van der Waals surface area contributed by atoms with E-state index in [-0.39, 0.29) is 0 Å². The van der Waals surface area contributed by atoms with Crippen molar-refractivity contribution in [2.75, 3.05) is 7.05 Å². The van der Waals surface area contributed by atoms with Crippen molar-refractivity contribution in [2.24, 2.45) is 5.10 Å². The molecule has 5 heteroatoms. The zero-order valence-corrected chi connectivity index (χ0v) is 12.4. The molecule has 1 heterocycles. The van der Waals surface area contributed by atoms with Crippen LogP contribution in [0.1, 0.15) is 37.8 Å². The summed E-state index contributed by atoms with van der Waals surface area (Å²) in [4.78, 5) is 0. The Balaban J connectivity index is 2.42. The number of benzene rings is 1. The van der Waals surface area contributed by atoms with Gasteiger partial charge in [-0.1, -0.05) is 18.9 Å². The second-order valence-corrected chi connectivity index (χ2v) is 4.73. The van der Waals surface area contributed by atoms with Gasteiger partial charge in [0.05, 0.1) is 30.3 Å². The monoisotopic (exact) mass is 281 g/mol. The van der Waals surface area contributed by atoms with Gasteiger partial charge in [-0.15, -0.1) is 0 Å². The fraction of sp³-hybridized carbons (Fsp3) is 0.312. The molecule has 1 aliphatic heterocycles. The van der Waals surface area contributed by atoms with Crippen LogP contribution in [0.5, 0.6) is 5.75 Å². The van der Waals surface area contributed by atoms with Crippen LogP contribution < -0.4 is 9.75 Å². The molecular formula is C16H17N4O+. The topological polar surface area (TPSA) is 73.6 Å². The number of nitrogens with zero attached hydrogens (tertiary/aromatic N) is 3. The summed E-state index contributed by atoms with van der Waals surface area (Å²) in [5.41, 5.74) is 2.81. The average Bonchev–Trinajstić information content (AvgIpc) is 2.81. The Hall–Kier alpha value is -2.63. The number of allylic oxidation sites excluding steroid dienone is 2. The molecule has 0 radical (unpaired) electrons. The molecule has 2 rings (SSSR count). The summed E-state index contributed by atoms with van der Waals surface area (Å²) in [6, 6.07) is 8.91. The van der Waals surface area contributed by atoms with Gasteiger partial charge >= 0.3 is 0 Å². The van der Waals surface area contributed by atoms with Crippen molar-refractivity contribution < 1.29 is 9.75 Å². The standard InChI is InChI=1S/C16H16N4O/c1-4-14-16(15(5-2)20(3)19-14)21-13-7-11(9-17)6-12(8-13)10-18/h6-8H,4-5H2,1-3H3/p+1. The van der Waals surface area contributed by atoms with E-state index in [1.54, 1.807) is 18.2 Å². The highest BCUT2D eigenvalue weighted by atomic mass is 16.5. The van der Waals surface area contributed by atoms with Gasteiger partial charge in [0.25, 0.3) is 0 Å². The molecule has 0 amide bonds. The molecule has 1 N–H and O–H groups in total. The van der Waals surface area contributed by atoms with E-state index in [0.29, 0.717) is 16.9 Å². The minimum Gasteiger partial charge on any atom is -0.449 e. The first-order valence-corrected chi connectivity index (χ1v) is 6.91. The minimum atomic E-state index is 0.413. The highest BCUT2D eigenvalue weighted by Gasteiger charge is 2.29. The van der Waals surface area contributed by atoms with E-state index in [1.165, 1.54) is 0 Å². The first-order chi connectivity index (χ1) is 10.1. The summed E-state index contributed by atoms with van der Waals surface area (Å²) < 4.78 is 5.96. The lowest BCUT2D eigenvalue weighted by Gasteiger charge is -2.09. The normalized spacial score (nSPS) is 17.2. The second kappa shape index (κ2) is 6.21. The Morgan fingerprint density at radius 2 is 1.71 bits per heavy atom. The maximum absolute atomic E-state index is 9.03. The van der Waals surface area contributed by atoms with Crippen LogP contribution in [0, 0.1) is 22.7 Å². The highest BCUT2D eigenvalue weighted by molar-refractivity contribution is 5.99. The number of hydrogen-bond acceptors (Lipinski definition) is 4. The van der Waals surface area contributed by atoms with Gasteiger partial charge in [-0.3, -0.25) is 0 Å². The smallest absolute Gasteiger partial charge is 0.212 e. The third-order valence-electron chi connectivity index (χ3n) is 3.35. The fourth-order valence-electron chi connectivity index (χ4n) is 2.34. The molecule has 1 atom stereocenters. The molecule has 5 nitrogen and oxygen atoms in total. The van der Waals surface area contributed by atoms with Crippen molar-refractivity contribution in [1.82, 2.24) is 0 Å². The van der Waals surface area contributed by atoms with Crippen molar-refractivity contribution in [3.63, 3.8) is 0 Å². The largest absolute Gasteiger partial charge is 0.449 e. The summed E-state index contributed by atoms with van der Waals surface area (Å²) in [5.74, 6) is 1.26. The van der Waals surface area contributed by atoms with Crippen LogP contribution in [0.25, 0.3) is 0 Å². The van der Waals surface area contributed by atoms with Gasteiger partial charge in [-0.05, 0) is 24.6 Å². The average molecular weight is 281 g/mol. The van der Waals surface area contributed by atoms with E-state index in [2.05, 4.69) is 12.0 Å². The molecule has 0 saturated heterocycles. The molecule has 21 heavy (non-hydrogen) atoms. The van der Waals surface area contributed by atoms with Crippen molar-refractivity contribution >= 4 is 5.71 Å². The van der Waals surface area contributed by atoms with Gasteiger partial charge in [-0.25, -0.2) is 0 Å². The van der Waals surface area contributed by atoms with Crippen LogP contribution in [-0.2, 0) is 0 Å². The number of ether oxygens (including phenoxy) is 1. The molecule has 0 saturated carbocycles. The van der Waals surface area contributed by atoms with Gasteiger partial charge in [0.15, 0.2) is 5.70 Å². The number of quaternary nitrogens is 1. The van der Waals surface area contributed by atoms with Gasteiger partial charge in [0.1, 0.15) is 11.5 Å². The molecule has 0 aromatic heterocycles. The Morgan fingerprint density at radius 3 is 2.19 bits per heavy atom. The van der Waals surface area contributed by atoms with Crippen LogP contribution in [0.15, 0.2) is 34.8 Å². The number of nitrogens with one attached hydrogen (secondary N) is 1. The molecular weight excluding hydrogens is 264 g/mol. The third kappa shape index (κ3) is 2.94.